The van der Waals surface area contributed by atoms with Gasteiger partial charge in [0, 0.05) is 42.1 Å². The van der Waals surface area contributed by atoms with Crippen LogP contribution in [0.25, 0.3) is 0 Å². The number of alkyl carbamates (subject to hydrolysis) is 2. The predicted octanol–water partition coefficient (Wildman–Crippen LogP) is 6.68. The molecule has 4 aliphatic rings. The third-order valence-corrected chi connectivity index (χ3v) is 13.1. The molecule has 15 heteroatoms. The summed E-state index contributed by atoms with van der Waals surface area (Å²) in [4.78, 5) is 85.0. The number of nitrogens with one attached hydrogen (secondary N) is 4. The van der Waals surface area contributed by atoms with Crippen LogP contribution >= 0.6 is 0 Å². The molecule has 8 atom stereocenters. The molecule has 3 saturated heterocycles. The number of nitrogens with zero attached hydrogens (tertiary/aromatic N) is 3. The lowest BCUT2D eigenvalue weighted by Gasteiger charge is -2.39. The second kappa shape index (κ2) is 19.9. The summed E-state index contributed by atoms with van der Waals surface area (Å²) < 4.78 is 9.57. The molecule has 2 aromatic carbocycles. The van der Waals surface area contributed by atoms with Gasteiger partial charge in [-0.25, -0.2) is 9.59 Å². The molecule has 4 N–H and O–H groups in total. The minimum atomic E-state index is -0.861. The second-order valence-corrected chi connectivity index (χ2v) is 19.7. The second-order valence-electron chi connectivity index (χ2n) is 19.7. The first kappa shape index (κ1) is 47.6. The Kier molecular flexibility index (Phi) is 14.8. The molecule has 346 valence electrons. The third kappa shape index (κ3) is 10.7. The maximum absolute atomic E-state index is 13.8. The molecular weight excluding hydrogens is 815 g/mol. The van der Waals surface area contributed by atoms with Gasteiger partial charge >= 0.3 is 12.2 Å². The number of ether oxygens (including phenoxy) is 2. The molecule has 6 rings (SSSR count). The van der Waals surface area contributed by atoms with E-state index in [1.54, 1.807) is 9.80 Å². The van der Waals surface area contributed by atoms with Gasteiger partial charge in [0.1, 0.15) is 24.2 Å². The summed E-state index contributed by atoms with van der Waals surface area (Å²) in [5.74, 6) is -0.911. The van der Waals surface area contributed by atoms with Crippen molar-refractivity contribution >= 4 is 47.2 Å². The maximum atomic E-state index is 13.8. The van der Waals surface area contributed by atoms with Crippen LogP contribution in [0.1, 0.15) is 98.6 Å². The van der Waals surface area contributed by atoms with E-state index in [0.29, 0.717) is 50.2 Å². The van der Waals surface area contributed by atoms with Crippen molar-refractivity contribution in [3.05, 3.63) is 84.1 Å². The smallest absolute Gasteiger partial charge is 0.407 e. The quantitative estimate of drug-likeness (QED) is 0.192. The molecule has 64 heavy (non-hydrogen) atoms. The van der Waals surface area contributed by atoms with Crippen LogP contribution in [0, 0.1) is 22.7 Å². The number of carbonyl (C=O) groups is 6. The van der Waals surface area contributed by atoms with Crippen molar-refractivity contribution in [2.24, 2.45) is 22.7 Å². The van der Waals surface area contributed by atoms with E-state index >= 15 is 0 Å². The average Bonchev–Trinajstić information content (AvgIpc) is 4.05. The number of carbonyl (C=O) groups excluding carboxylic acids is 6. The van der Waals surface area contributed by atoms with Crippen molar-refractivity contribution in [2.45, 2.75) is 123 Å². The van der Waals surface area contributed by atoms with Crippen LogP contribution in [-0.2, 0) is 28.7 Å². The van der Waals surface area contributed by atoms with Crippen LogP contribution < -0.4 is 26.2 Å². The summed E-state index contributed by atoms with van der Waals surface area (Å²) in [5, 5.41) is 11.5. The van der Waals surface area contributed by atoms with Gasteiger partial charge in [0.15, 0.2) is 0 Å². The largest absolute Gasteiger partial charge is 0.453 e. The minimum Gasteiger partial charge on any atom is -0.453 e. The summed E-state index contributed by atoms with van der Waals surface area (Å²) >= 11 is 0. The number of benzene rings is 2. The number of allylic oxidation sites excluding steroid dienone is 2. The SMILES string of the molecule is COC(=O)N[C@H](C(=O)N1CCC[C@H]1C(=O)NC1=CC(C)C([C@@H]2CC[C@@H](c3ccc(NC(=O)[C@@H]4CCCN4C(=O)[C@@H](NC(=O)OC)C(C)(C)C)cc3)N2c2ccccc2)C=C1)C(C)(C)C. The van der Waals surface area contributed by atoms with Gasteiger partial charge in [0.05, 0.1) is 20.3 Å². The van der Waals surface area contributed by atoms with Gasteiger partial charge in [-0.3, -0.25) is 19.2 Å². The van der Waals surface area contributed by atoms with E-state index in [9.17, 15) is 28.8 Å². The molecule has 0 saturated carbocycles. The van der Waals surface area contributed by atoms with Crippen LogP contribution in [0.4, 0.5) is 21.0 Å². The highest BCUT2D eigenvalue weighted by Crippen LogP contribution is 2.45. The van der Waals surface area contributed by atoms with Crippen LogP contribution in [0.5, 0.6) is 0 Å². The Balaban J connectivity index is 1.12. The van der Waals surface area contributed by atoms with Crippen molar-refractivity contribution in [3.8, 4) is 0 Å². The fourth-order valence-electron chi connectivity index (χ4n) is 9.74. The number of hydrogen-bond acceptors (Lipinski definition) is 9. The molecule has 2 unspecified atom stereocenters. The summed E-state index contributed by atoms with van der Waals surface area (Å²) in [7, 11) is 2.51. The van der Waals surface area contributed by atoms with Gasteiger partial charge in [0.25, 0.3) is 0 Å². The molecule has 15 nitrogen and oxygen atoms in total. The molecule has 6 amide bonds. The summed E-state index contributed by atoms with van der Waals surface area (Å²) in [6.45, 7) is 14.2. The van der Waals surface area contributed by atoms with Gasteiger partial charge in [-0.1, -0.05) is 91.0 Å². The Morgan fingerprint density at radius 1 is 0.672 bits per heavy atom. The van der Waals surface area contributed by atoms with Gasteiger partial charge < -0.3 is 45.4 Å². The van der Waals surface area contributed by atoms with Crippen molar-refractivity contribution in [2.75, 3.05) is 37.5 Å². The number of likely N-dealkylation sites (tertiary alicyclic amines) is 2. The van der Waals surface area contributed by atoms with Crippen LogP contribution in [-0.4, -0.2) is 103 Å². The first-order valence-corrected chi connectivity index (χ1v) is 22.6. The van der Waals surface area contributed by atoms with E-state index in [1.165, 1.54) is 14.2 Å². The molecule has 0 radical (unpaired) electrons. The Labute approximate surface area is 377 Å². The Morgan fingerprint density at radius 3 is 1.67 bits per heavy atom. The summed E-state index contributed by atoms with van der Waals surface area (Å²) in [6.07, 6.45) is 9.14. The third-order valence-electron chi connectivity index (χ3n) is 13.1. The zero-order chi connectivity index (χ0) is 46.5. The molecule has 3 aliphatic heterocycles. The summed E-state index contributed by atoms with van der Waals surface area (Å²) in [6, 6.07) is 15.5. The lowest BCUT2D eigenvalue weighted by atomic mass is 9.82. The number of para-hydroxylation sites is 1. The molecule has 0 aromatic heterocycles. The molecule has 3 fully saturated rings. The average molecular weight is 882 g/mol. The molecule has 0 spiro atoms. The van der Waals surface area contributed by atoms with Gasteiger partial charge in [0.2, 0.25) is 23.6 Å². The molecular formula is C49H67N7O8. The van der Waals surface area contributed by atoms with Crippen molar-refractivity contribution in [3.63, 3.8) is 0 Å². The minimum absolute atomic E-state index is 0.0684. The first-order chi connectivity index (χ1) is 30.3. The van der Waals surface area contributed by atoms with E-state index < -0.39 is 47.2 Å². The highest BCUT2D eigenvalue weighted by atomic mass is 16.5. The summed E-state index contributed by atoms with van der Waals surface area (Å²) in [5.41, 5.74) is 2.35. The fourth-order valence-corrected chi connectivity index (χ4v) is 9.74. The standard InChI is InChI=1S/C49H67N7O8/c1-30-29-33(51-43(58)39-18-14-28-55(39)45(60)41(49(5,6)7)53-47(62)64-9)23-24-35(30)37-26-25-36(56(37)34-15-11-10-12-16-34)31-19-21-32(22-20-31)50-42(57)38-17-13-27-54(38)44(59)40(48(2,3)4)52-46(61)63-8/h10-12,15-16,19-24,29-30,35-41H,13-14,17-18,25-28H2,1-9H3,(H,50,57)(H,51,58)(H,52,61)(H,53,62)/t30?,35?,36-,37-,38-,39-,40+,41+/m0/s1. The molecule has 1 aliphatic carbocycles. The van der Waals surface area contributed by atoms with Crippen LogP contribution in [0.2, 0.25) is 0 Å². The maximum Gasteiger partial charge on any atom is 0.407 e. The normalized spacial score (nSPS) is 24.3. The zero-order valence-electron chi connectivity index (χ0n) is 38.8. The van der Waals surface area contributed by atoms with Crippen LogP contribution in [0.3, 0.4) is 0 Å². The highest BCUT2D eigenvalue weighted by molar-refractivity contribution is 5.99. The van der Waals surface area contributed by atoms with Crippen molar-refractivity contribution < 1.29 is 38.2 Å². The van der Waals surface area contributed by atoms with Crippen LogP contribution in [0.15, 0.2) is 78.5 Å². The molecule has 2 aromatic rings. The van der Waals surface area contributed by atoms with Crippen molar-refractivity contribution in [1.82, 2.24) is 25.8 Å². The first-order valence-electron chi connectivity index (χ1n) is 22.6. The van der Waals surface area contributed by atoms with Gasteiger partial charge in [-0.2, -0.15) is 0 Å². The molecule has 0 bridgehead atoms. The fraction of sp³-hybridized carbons (Fsp3) is 0.551. The lowest BCUT2D eigenvalue weighted by molar-refractivity contribution is -0.141. The van der Waals surface area contributed by atoms with E-state index in [4.69, 9.17) is 9.47 Å². The monoisotopic (exact) mass is 882 g/mol. The Bertz CT molecular complexity index is 2090. The van der Waals surface area contributed by atoms with E-state index in [1.807, 2.05) is 78.0 Å². The topological polar surface area (TPSA) is 179 Å². The van der Waals surface area contributed by atoms with E-state index in [2.05, 4.69) is 69.5 Å². The number of rotatable bonds is 11. The van der Waals surface area contributed by atoms with Crippen molar-refractivity contribution in [1.29, 1.82) is 0 Å². The highest BCUT2D eigenvalue weighted by Gasteiger charge is 2.45. The number of anilines is 2. The zero-order valence-corrected chi connectivity index (χ0v) is 38.8. The number of amides is 6. The van der Waals surface area contributed by atoms with E-state index in [-0.39, 0.29) is 47.5 Å². The van der Waals surface area contributed by atoms with Gasteiger partial charge in [-0.05, 0) is 91.2 Å². The lowest BCUT2D eigenvalue weighted by Crippen LogP contribution is -2.57. The Morgan fingerprint density at radius 2 is 1.19 bits per heavy atom. The predicted molar refractivity (Wildman–Crippen MR) is 245 cm³/mol. The number of methoxy groups -OCH3 is 2. The van der Waals surface area contributed by atoms with E-state index in [0.717, 1.165) is 24.1 Å². The van der Waals surface area contributed by atoms with Gasteiger partial charge in [-0.15, -0.1) is 0 Å². The Hall–Kier alpha value is -5.86. The number of hydrogen-bond donors (Lipinski definition) is 4. The molecule has 3 heterocycles.